The van der Waals surface area contributed by atoms with Crippen molar-refractivity contribution in [3.05, 3.63) is 30.1 Å². The Kier molecular flexibility index (Phi) is 5.21. The molecule has 0 saturated carbocycles. The third kappa shape index (κ3) is 3.88. The van der Waals surface area contributed by atoms with Crippen LogP contribution in [-0.4, -0.2) is 72.1 Å². The number of aliphatic hydroxyl groups is 1. The zero-order chi connectivity index (χ0) is 18.6. The summed E-state index contributed by atoms with van der Waals surface area (Å²) >= 11 is 0. The van der Waals surface area contributed by atoms with Crippen molar-refractivity contribution in [1.82, 2.24) is 40.3 Å². The van der Waals surface area contributed by atoms with Crippen molar-refractivity contribution >= 4 is 0 Å². The molecule has 0 unspecified atom stereocenters. The minimum Gasteiger partial charge on any atom is -0.394 e. The van der Waals surface area contributed by atoms with Gasteiger partial charge in [0.1, 0.15) is 0 Å². The van der Waals surface area contributed by atoms with Gasteiger partial charge in [0, 0.05) is 17.5 Å². The maximum absolute atomic E-state index is 9.47. The van der Waals surface area contributed by atoms with Crippen LogP contribution in [0.4, 0.5) is 0 Å². The lowest BCUT2D eigenvalue weighted by molar-refractivity contribution is 0.217. The Bertz CT molecular complexity index is 867. The Hall–Kier alpha value is -2.65. The Balaban J connectivity index is 1.66. The van der Waals surface area contributed by atoms with Crippen LogP contribution in [0.1, 0.15) is 18.7 Å². The van der Waals surface area contributed by atoms with Crippen molar-refractivity contribution in [3.8, 4) is 22.8 Å². The first-order valence-electron chi connectivity index (χ1n) is 9.31. The van der Waals surface area contributed by atoms with Crippen LogP contribution >= 0.6 is 0 Å². The van der Waals surface area contributed by atoms with Gasteiger partial charge in [0.15, 0.2) is 11.6 Å². The number of hydrogen-bond donors (Lipinski definition) is 2. The fourth-order valence-corrected chi connectivity index (χ4v) is 3.60. The number of piperidine rings is 1. The van der Waals surface area contributed by atoms with E-state index in [1.165, 1.54) is 12.8 Å². The van der Waals surface area contributed by atoms with Gasteiger partial charge in [0.05, 0.1) is 13.2 Å². The molecule has 0 atom stereocenters. The summed E-state index contributed by atoms with van der Waals surface area (Å²) < 4.78 is 1.78. The van der Waals surface area contributed by atoms with Gasteiger partial charge in [-0.3, -0.25) is 0 Å². The van der Waals surface area contributed by atoms with Crippen molar-refractivity contribution in [1.29, 1.82) is 0 Å². The minimum atomic E-state index is 0.00833. The second-order valence-electron chi connectivity index (χ2n) is 7.03. The van der Waals surface area contributed by atoms with Gasteiger partial charge in [0.2, 0.25) is 5.82 Å². The van der Waals surface area contributed by atoms with Crippen molar-refractivity contribution in [2.24, 2.45) is 5.92 Å². The molecule has 1 saturated heterocycles. The van der Waals surface area contributed by atoms with E-state index in [2.05, 4.69) is 37.7 Å². The average Bonchev–Trinajstić information content (AvgIpc) is 3.34. The van der Waals surface area contributed by atoms with Gasteiger partial charge in [-0.15, -0.1) is 10.2 Å². The standard InChI is InChI=1S/C18H24N8O/c1-25-8-6-13(7-9-25)12-16-19-18(26(22-16)10-11-27)15-5-3-2-4-14(15)17-20-23-24-21-17/h2-5,13,27H,6-12H2,1H3,(H,20,21,23,24). The van der Waals surface area contributed by atoms with Gasteiger partial charge in [0.25, 0.3) is 0 Å². The topological polar surface area (TPSA) is 109 Å². The van der Waals surface area contributed by atoms with Crippen LogP contribution in [-0.2, 0) is 13.0 Å². The number of H-pyrrole nitrogens is 1. The molecule has 0 radical (unpaired) electrons. The molecule has 142 valence electrons. The maximum Gasteiger partial charge on any atom is 0.205 e. The fraction of sp³-hybridized carbons (Fsp3) is 0.500. The molecule has 3 aromatic rings. The number of nitrogens with one attached hydrogen (secondary N) is 1. The number of aromatic nitrogens is 7. The number of aliphatic hydroxyl groups excluding tert-OH is 1. The molecule has 27 heavy (non-hydrogen) atoms. The zero-order valence-corrected chi connectivity index (χ0v) is 15.4. The number of rotatable bonds is 6. The normalized spacial score (nSPS) is 16.1. The monoisotopic (exact) mass is 368 g/mol. The Morgan fingerprint density at radius 3 is 2.67 bits per heavy atom. The van der Waals surface area contributed by atoms with E-state index in [1.54, 1.807) is 4.68 Å². The van der Waals surface area contributed by atoms with Crippen LogP contribution in [0.15, 0.2) is 24.3 Å². The molecule has 1 aromatic carbocycles. The van der Waals surface area contributed by atoms with E-state index in [-0.39, 0.29) is 6.61 Å². The smallest absolute Gasteiger partial charge is 0.205 e. The maximum atomic E-state index is 9.47. The van der Waals surface area contributed by atoms with Crippen LogP contribution in [0.3, 0.4) is 0 Å². The molecule has 0 bridgehead atoms. The Morgan fingerprint density at radius 1 is 1.19 bits per heavy atom. The largest absolute Gasteiger partial charge is 0.394 e. The molecule has 1 fully saturated rings. The third-order valence-corrected chi connectivity index (χ3v) is 5.09. The van der Waals surface area contributed by atoms with Crippen molar-refractivity contribution in [2.75, 3.05) is 26.7 Å². The van der Waals surface area contributed by atoms with Crippen LogP contribution in [0.25, 0.3) is 22.8 Å². The van der Waals surface area contributed by atoms with E-state index in [4.69, 9.17) is 4.98 Å². The van der Waals surface area contributed by atoms with Crippen molar-refractivity contribution in [2.45, 2.75) is 25.8 Å². The highest BCUT2D eigenvalue weighted by atomic mass is 16.3. The first kappa shape index (κ1) is 17.7. The minimum absolute atomic E-state index is 0.00833. The molecule has 9 heteroatoms. The number of hydrogen-bond acceptors (Lipinski definition) is 7. The lowest BCUT2D eigenvalue weighted by atomic mass is 9.93. The summed E-state index contributed by atoms with van der Waals surface area (Å²) in [5, 5.41) is 28.5. The van der Waals surface area contributed by atoms with Gasteiger partial charge in [-0.1, -0.05) is 24.3 Å². The summed E-state index contributed by atoms with van der Waals surface area (Å²) in [7, 11) is 2.16. The van der Waals surface area contributed by atoms with Crippen LogP contribution in [0.2, 0.25) is 0 Å². The predicted octanol–water partition coefficient (Wildman–Crippen LogP) is 1.00. The van der Waals surface area contributed by atoms with Gasteiger partial charge < -0.3 is 10.0 Å². The van der Waals surface area contributed by atoms with E-state index in [0.29, 0.717) is 18.3 Å². The molecule has 3 heterocycles. The third-order valence-electron chi connectivity index (χ3n) is 5.09. The highest BCUT2D eigenvalue weighted by molar-refractivity contribution is 5.76. The highest BCUT2D eigenvalue weighted by Gasteiger charge is 2.22. The highest BCUT2D eigenvalue weighted by Crippen LogP contribution is 2.29. The molecule has 0 aliphatic carbocycles. The lowest BCUT2D eigenvalue weighted by Gasteiger charge is -2.28. The predicted molar refractivity (Wildman–Crippen MR) is 99.6 cm³/mol. The average molecular weight is 368 g/mol. The molecule has 0 spiro atoms. The van der Waals surface area contributed by atoms with Crippen molar-refractivity contribution in [3.63, 3.8) is 0 Å². The second kappa shape index (κ2) is 7.93. The van der Waals surface area contributed by atoms with E-state index in [0.717, 1.165) is 42.3 Å². The first-order valence-corrected chi connectivity index (χ1v) is 9.31. The molecule has 4 rings (SSSR count). The molecule has 9 nitrogen and oxygen atoms in total. The Morgan fingerprint density at radius 2 is 1.96 bits per heavy atom. The SMILES string of the molecule is CN1CCC(Cc2nc(-c3ccccc3-c3nn[nH]n3)n(CCO)n2)CC1. The second-order valence-corrected chi connectivity index (χ2v) is 7.03. The molecule has 2 aromatic heterocycles. The number of tetrazole rings is 1. The van der Waals surface area contributed by atoms with E-state index in [9.17, 15) is 5.11 Å². The van der Waals surface area contributed by atoms with E-state index in [1.807, 2.05) is 24.3 Å². The van der Waals surface area contributed by atoms with Crippen LogP contribution in [0.5, 0.6) is 0 Å². The summed E-state index contributed by atoms with van der Waals surface area (Å²) in [6.07, 6.45) is 3.20. The summed E-state index contributed by atoms with van der Waals surface area (Å²) in [4.78, 5) is 7.19. The summed E-state index contributed by atoms with van der Waals surface area (Å²) in [6, 6.07) is 7.80. The lowest BCUT2D eigenvalue weighted by Crippen LogP contribution is -2.31. The van der Waals surface area contributed by atoms with E-state index >= 15 is 0 Å². The summed E-state index contributed by atoms with van der Waals surface area (Å²) in [5.74, 6) is 2.68. The van der Waals surface area contributed by atoms with E-state index < -0.39 is 0 Å². The Labute approximate surface area is 157 Å². The van der Waals surface area contributed by atoms with Crippen molar-refractivity contribution < 1.29 is 5.11 Å². The quantitative estimate of drug-likeness (QED) is 0.668. The van der Waals surface area contributed by atoms with Crippen LogP contribution < -0.4 is 0 Å². The zero-order valence-electron chi connectivity index (χ0n) is 15.4. The molecule has 1 aliphatic heterocycles. The van der Waals surface area contributed by atoms with Crippen LogP contribution in [0, 0.1) is 5.92 Å². The van der Waals surface area contributed by atoms with Gasteiger partial charge in [-0.2, -0.15) is 10.3 Å². The molecular formula is C18H24N8O. The number of likely N-dealkylation sites (tertiary alicyclic amines) is 1. The molecule has 1 aliphatic rings. The van der Waals surface area contributed by atoms with Gasteiger partial charge in [-0.05, 0) is 44.1 Å². The first-order chi connectivity index (χ1) is 13.2. The molecule has 2 N–H and O–H groups in total. The number of nitrogens with zero attached hydrogens (tertiary/aromatic N) is 7. The molecular weight excluding hydrogens is 344 g/mol. The molecule has 0 amide bonds. The fourth-order valence-electron chi connectivity index (χ4n) is 3.60. The number of aromatic amines is 1. The number of benzene rings is 1. The van der Waals surface area contributed by atoms with Gasteiger partial charge >= 0.3 is 0 Å². The summed E-state index contributed by atoms with van der Waals surface area (Å²) in [6.45, 7) is 2.65. The summed E-state index contributed by atoms with van der Waals surface area (Å²) in [5.41, 5.74) is 1.72. The van der Waals surface area contributed by atoms with Gasteiger partial charge in [-0.25, -0.2) is 9.67 Å².